The molecule has 3 aromatic rings. The van der Waals surface area contributed by atoms with Gasteiger partial charge >= 0.3 is 6.03 Å². The molecule has 2 unspecified atom stereocenters. The maximum Gasteiger partial charge on any atom is 0.328 e. The maximum atomic E-state index is 13.4. The van der Waals surface area contributed by atoms with E-state index in [1.54, 1.807) is 19.0 Å². The third-order valence-corrected chi connectivity index (χ3v) is 8.65. The third kappa shape index (κ3) is 5.49. The Kier molecular flexibility index (Phi) is 7.85. The van der Waals surface area contributed by atoms with Crippen molar-refractivity contribution in [2.24, 2.45) is 4.99 Å². The van der Waals surface area contributed by atoms with Crippen LogP contribution in [0.5, 0.6) is 0 Å². The number of benzene rings is 3. The maximum absolute atomic E-state index is 13.4. The highest BCUT2D eigenvalue weighted by molar-refractivity contribution is 6.04. The normalized spacial score (nSPS) is 21.9. The lowest BCUT2D eigenvalue weighted by Crippen LogP contribution is -2.64. The number of rotatable bonds is 8. The number of imide groups is 1. The summed E-state index contributed by atoms with van der Waals surface area (Å²) in [7, 11) is 3.32. The molecule has 3 heterocycles. The average molecular weight is 551 g/mol. The second-order valence-electron chi connectivity index (χ2n) is 11.2. The van der Waals surface area contributed by atoms with Gasteiger partial charge in [0.25, 0.3) is 5.91 Å². The van der Waals surface area contributed by atoms with Gasteiger partial charge in [-0.25, -0.2) is 9.79 Å². The molecule has 8 heteroatoms. The first-order valence-corrected chi connectivity index (χ1v) is 14.5. The summed E-state index contributed by atoms with van der Waals surface area (Å²) in [5, 5.41) is 0. The molecule has 2 saturated heterocycles. The summed E-state index contributed by atoms with van der Waals surface area (Å²) in [6.07, 6.45) is 0.320. The van der Waals surface area contributed by atoms with E-state index in [0.717, 1.165) is 38.4 Å². The minimum atomic E-state index is -0.487. The monoisotopic (exact) mass is 550 g/mol. The van der Waals surface area contributed by atoms with Crippen LogP contribution in [0.2, 0.25) is 0 Å². The minimum Gasteiger partial charge on any atom is -0.343 e. The standard InChI is InChI=1S/C33H38N6O2/c1-35-31-30(32(40)36(2)33(35)41)39(19-18-25-12-6-3-7-13-25)28(34-31)24-37-20-22-38(23-21-37)29(26-14-8-4-9-15-26)27-16-10-5-11-17-27/h3-17,29-31H,18-24H2,1-2H3. The molecule has 0 bridgehead atoms. The molecule has 2 fully saturated rings. The van der Waals surface area contributed by atoms with E-state index in [0.29, 0.717) is 13.1 Å². The highest BCUT2D eigenvalue weighted by Gasteiger charge is 2.50. The van der Waals surface area contributed by atoms with Crippen LogP contribution in [0.25, 0.3) is 0 Å². The molecule has 6 rings (SSSR count). The Morgan fingerprint density at radius 1 is 0.780 bits per heavy atom. The fourth-order valence-corrected chi connectivity index (χ4v) is 6.38. The van der Waals surface area contributed by atoms with Crippen LogP contribution < -0.4 is 0 Å². The summed E-state index contributed by atoms with van der Waals surface area (Å²) >= 11 is 0. The number of piperazine rings is 1. The van der Waals surface area contributed by atoms with Gasteiger partial charge in [0.15, 0.2) is 12.2 Å². The van der Waals surface area contributed by atoms with Gasteiger partial charge in [-0.15, -0.1) is 0 Å². The van der Waals surface area contributed by atoms with Crippen LogP contribution in [0.4, 0.5) is 4.79 Å². The first-order valence-electron chi connectivity index (χ1n) is 14.5. The molecule has 0 aliphatic carbocycles. The van der Waals surface area contributed by atoms with Crippen molar-refractivity contribution in [2.75, 3.05) is 53.4 Å². The van der Waals surface area contributed by atoms with E-state index in [1.807, 2.05) is 18.2 Å². The Morgan fingerprint density at radius 2 is 1.34 bits per heavy atom. The molecule has 3 amide bonds. The smallest absolute Gasteiger partial charge is 0.328 e. The van der Waals surface area contributed by atoms with Gasteiger partial charge in [-0.2, -0.15) is 0 Å². The van der Waals surface area contributed by atoms with Gasteiger partial charge < -0.3 is 9.80 Å². The van der Waals surface area contributed by atoms with Gasteiger partial charge in [0.05, 0.1) is 12.6 Å². The largest absolute Gasteiger partial charge is 0.343 e. The molecular weight excluding hydrogens is 512 g/mol. The lowest BCUT2D eigenvalue weighted by atomic mass is 9.96. The average Bonchev–Trinajstić information content (AvgIpc) is 3.38. The summed E-state index contributed by atoms with van der Waals surface area (Å²) in [6, 6.07) is 31.2. The van der Waals surface area contributed by atoms with Crippen molar-refractivity contribution in [3.63, 3.8) is 0 Å². The Morgan fingerprint density at radius 3 is 1.93 bits per heavy atom. The van der Waals surface area contributed by atoms with Crippen molar-refractivity contribution in [3.05, 3.63) is 108 Å². The summed E-state index contributed by atoms with van der Waals surface area (Å²) in [5.41, 5.74) is 3.83. The fourth-order valence-electron chi connectivity index (χ4n) is 6.38. The van der Waals surface area contributed by atoms with E-state index in [2.05, 4.69) is 87.5 Å². The quantitative estimate of drug-likeness (QED) is 0.429. The number of amidine groups is 1. The molecule has 0 spiro atoms. The van der Waals surface area contributed by atoms with Crippen molar-refractivity contribution < 1.29 is 9.59 Å². The Bertz CT molecular complexity index is 1340. The van der Waals surface area contributed by atoms with Crippen LogP contribution in [-0.2, 0) is 11.2 Å². The van der Waals surface area contributed by atoms with Crippen molar-refractivity contribution in [3.8, 4) is 0 Å². The van der Waals surface area contributed by atoms with E-state index >= 15 is 0 Å². The topological polar surface area (TPSA) is 62.7 Å². The molecule has 3 aliphatic rings. The predicted molar refractivity (Wildman–Crippen MR) is 161 cm³/mol. The number of amides is 3. The summed E-state index contributed by atoms with van der Waals surface area (Å²) in [5.74, 6) is 0.721. The van der Waals surface area contributed by atoms with E-state index in [1.165, 1.54) is 21.6 Å². The third-order valence-electron chi connectivity index (χ3n) is 8.65. The Hall–Kier alpha value is -4.01. The summed E-state index contributed by atoms with van der Waals surface area (Å²) in [6.45, 7) is 5.00. The van der Waals surface area contributed by atoms with Crippen molar-refractivity contribution in [1.82, 2.24) is 24.5 Å². The van der Waals surface area contributed by atoms with Crippen molar-refractivity contribution in [2.45, 2.75) is 24.7 Å². The molecule has 212 valence electrons. The molecular formula is C33H38N6O2. The lowest BCUT2D eigenvalue weighted by Gasteiger charge is -2.41. The van der Waals surface area contributed by atoms with E-state index in [-0.39, 0.29) is 18.0 Å². The first-order chi connectivity index (χ1) is 20.0. The second kappa shape index (κ2) is 11.8. The Labute approximate surface area is 242 Å². The number of hydrogen-bond donors (Lipinski definition) is 0. The van der Waals surface area contributed by atoms with Gasteiger partial charge in [-0.05, 0) is 23.1 Å². The highest BCUT2D eigenvalue weighted by Crippen LogP contribution is 2.31. The number of nitrogens with zero attached hydrogens (tertiary/aromatic N) is 6. The van der Waals surface area contributed by atoms with Crippen LogP contribution in [0, 0.1) is 0 Å². The number of likely N-dealkylation sites (N-methyl/N-ethyl adjacent to an activating group) is 2. The van der Waals surface area contributed by atoms with Crippen LogP contribution in [-0.4, -0.2) is 108 Å². The summed E-state index contributed by atoms with van der Waals surface area (Å²) in [4.78, 5) is 41.1. The highest BCUT2D eigenvalue weighted by atomic mass is 16.2. The van der Waals surface area contributed by atoms with Crippen LogP contribution in [0.3, 0.4) is 0 Å². The number of urea groups is 1. The van der Waals surface area contributed by atoms with Gasteiger partial charge in [-0.1, -0.05) is 91.0 Å². The molecule has 3 aliphatic heterocycles. The fraction of sp³-hybridized carbons (Fsp3) is 0.364. The van der Waals surface area contributed by atoms with Gasteiger partial charge in [0.2, 0.25) is 0 Å². The molecule has 41 heavy (non-hydrogen) atoms. The molecule has 0 N–H and O–H groups in total. The van der Waals surface area contributed by atoms with Crippen molar-refractivity contribution >= 4 is 17.8 Å². The van der Waals surface area contributed by atoms with Crippen LogP contribution >= 0.6 is 0 Å². The number of hydrogen-bond acceptors (Lipinski definition) is 6. The zero-order valence-corrected chi connectivity index (χ0v) is 23.8. The lowest BCUT2D eigenvalue weighted by molar-refractivity contribution is -0.136. The summed E-state index contributed by atoms with van der Waals surface area (Å²) < 4.78 is 0. The van der Waals surface area contributed by atoms with Crippen LogP contribution in [0.15, 0.2) is 96.0 Å². The number of fused-ring (bicyclic) bond motifs is 1. The molecule has 0 saturated carbocycles. The zero-order chi connectivity index (χ0) is 28.3. The van der Waals surface area contributed by atoms with Gasteiger partial charge in [-0.3, -0.25) is 19.5 Å². The van der Waals surface area contributed by atoms with E-state index < -0.39 is 12.2 Å². The van der Waals surface area contributed by atoms with E-state index in [4.69, 9.17) is 4.99 Å². The van der Waals surface area contributed by atoms with Crippen molar-refractivity contribution in [1.29, 1.82) is 0 Å². The number of carbonyl (C=O) groups excluding carboxylic acids is 2. The molecule has 8 nitrogen and oxygen atoms in total. The SMILES string of the molecule is CN1C(=O)C2C(N=C(CN3CCN(C(c4ccccc4)c4ccccc4)CC3)N2CCc2ccccc2)N(C)C1=O. The van der Waals surface area contributed by atoms with Crippen LogP contribution in [0.1, 0.15) is 22.7 Å². The number of aliphatic imine (C=N–C) groups is 1. The molecule has 0 aromatic heterocycles. The predicted octanol–water partition coefficient (Wildman–Crippen LogP) is 3.57. The molecule has 3 aromatic carbocycles. The zero-order valence-electron chi connectivity index (χ0n) is 23.8. The van der Waals surface area contributed by atoms with Gasteiger partial charge in [0.1, 0.15) is 5.84 Å². The molecule has 0 radical (unpaired) electrons. The number of carbonyl (C=O) groups is 2. The second-order valence-corrected chi connectivity index (χ2v) is 11.2. The van der Waals surface area contributed by atoms with Gasteiger partial charge in [0, 0.05) is 46.8 Å². The molecule has 2 atom stereocenters. The Balaban J connectivity index is 1.18. The minimum absolute atomic E-state index is 0.178. The first kappa shape index (κ1) is 27.2. The van der Waals surface area contributed by atoms with E-state index in [9.17, 15) is 9.59 Å².